The molecule has 0 aliphatic carbocycles. The third-order valence-electron chi connectivity index (χ3n) is 4.13. The van der Waals surface area contributed by atoms with Crippen LogP contribution in [0.15, 0.2) is 60.7 Å². The fourth-order valence-corrected chi connectivity index (χ4v) is 3.89. The SMILES string of the molecule is CCN(CC)CCS(=O)(=O)NC(c1ccccc1)c1ccccc1. The maximum atomic E-state index is 12.6. The number of sulfonamides is 1. The minimum atomic E-state index is -3.38. The highest BCUT2D eigenvalue weighted by atomic mass is 32.2. The van der Waals surface area contributed by atoms with Crippen LogP contribution in [0.2, 0.25) is 0 Å². The van der Waals surface area contributed by atoms with E-state index in [0.717, 1.165) is 24.2 Å². The van der Waals surface area contributed by atoms with Crippen molar-refractivity contribution in [2.75, 3.05) is 25.4 Å². The van der Waals surface area contributed by atoms with Gasteiger partial charge in [-0.3, -0.25) is 0 Å². The zero-order chi connectivity index (χ0) is 17.4. The molecule has 0 saturated heterocycles. The van der Waals surface area contributed by atoms with Gasteiger partial charge in [-0.25, -0.2) is 13.1 Å². The Morgan fingerprint density at radius 1 is 0.875 bits per heavy atom. The first-order valence-corrected chi connectivity index (χ1v) is 10.0. The van der Waals surface area contributed by atoms with Crippen LogP contribution in [-0.2, 0) is 10.0 Å². The Hall–Kier alpha value is -1.69. The molecule has 0 aliphatic heterocycles. The third kappa shape index (κ3) is 5.44. The predicted octanol–water partition coefficient (Wildman–Crippen LogP) is 3.04. The summed E-state index contributed by atoms with van der Waals surface area (Å²) in [6.07, 6.45) is 0. The van der Waals surface area contributed by atoms with Crippen LogP contribution >= 0.6 is 0 Å². The van der Waals surface area contributed by atoms with Crippen LogP contribution in [0, 0.1) is 0 Å². The summed E-state index contributed by atoms with van der Waals surface area (Å²) >= 11 is 0. The van der Waals surface area contributed by atoms with Gasteiger partial charge in [-0.15, -0.1) is 0 Å². The second kappa shape index (κ2) is 8.97. The van der Waals surface area contributed by atoms with Gasteiger partial charge in [0.15, 0.2) is 0 Å². The Morgan fingerprint density at radius 3 is 1.75 bits per heavy atom. The average molecular weight is 346 g/mol. The summed E-state index contributed by atoms with van der Waals surface area (Å²) < 4.78 is 28.0. The largest absolute Gasteiger partial charge is 0.303 e. The fourth-order valence-electron chi connectivity index (χ4n) is 2.65. The minimum absolute atomic E-state index is 0.102. The van der Waals surface area contributed by atoms with Gasteiger partial charge in [0.25, 0.3) is 0 Å². The van der Waals surface area contributed by atoms with Gasteiger partial charge >= 0.3 is 0 Å². The molecular weight excluding hydrogens is 320 g/mol. The van der Waals surface area contributed by atoms with E-state index in [1.54, 1.807) is 0 Å². The average Bonchev–Trinajstić information content (AvgIpc) is 2.62. The molecule has 2 aromatic rings. The van der Waals surface area contributed by atoms with E-state index < -0.39 is 10.0 Å². The first kappa shape index (κ1) is 18.6. The molecule has 24 heavy (non-hydrogen) atoms. The number of hydrogen-bond acceptors (Lipinski definition) is 3. The highest BCUT2D eigenvalue weighted by Crippen LogP contribution is 2.22. The Bertz CT molecular complexity index is 659. The van der Waals surface area contributed by atoms with Crippen LogP contribution in [-0.4, -0.2) is 38.7 Å². The van der Waals surface area contributed by atoms with Gasteiger partial charge in [-0.05, 0) is 24.2 Å². The lowest BCUT2D eigenvalue weighted by Crippen LogP contribution is -2.36. The molecule has 0 spiro atoms. The van der Waals surface area contributed by atoms with Crippen molar-refractivity contribution in [3.05, 3.63) is 71.8 Å². The van der Waals surface area contributed by atoms with Crippen LogP contribution in [0.5, 0.6) is 0 Å². The van der Waals surface area contributed by atoms with E-state index in [1.807, 2.05) is 74.5 Å². The maximum Gasteiger partial charge on any atom is 0.213 e. The van der Waals surface area contributed by atoms with E-state index in [4.69, 9.17) is 0 Å². The third-order valence-corrected chi connectivity index (χ3v) is 5.45. The molecule has 0 atom stereocenters. The normalized spacial score (nSPS) is 12.0. The van der Waals surface area contributed by atoms with Crippen LogP contribution in [0.1, 0.15) is 31.0 Å². The van der Waals surface area contributed by atoms with E-state index in [2.05, 4.69) is 9.62 Å². The van der Waals surface area contributed by atoms with Crippen LogP contribution in [0.4, 0.5) is 0 Å². The Balaban J connectivity index is 2.19. The van der Waals surface area contributed by atoms with Gasteiger partial charge in [-0.2, -0.15) is 0 Å². The first-order chi connectivity index (χ1) is 11.6. The van der Waals surface area contributed by atoms with Crippen LogP contribution < -0.4 is 4.72 Å². The summed E-state index contributed by atoms with van der Waals surface area (Å²) in [5.74, 6) is 0.102. The molecule has 0 saturated carbocycles. The second-order valence-corrected chi connectivity index (χ2v) is 7.59. The highest BCUT2D eigenvalue weighted by molar-refractivity contribution is 7.89. The van der Waals surface area contributed by atoms with Gasteiger partial charge < -0.3 is 4.90 Å². The zero-order valence-corrected chi connectivity index (χ0v) is 15.2. The summed E-state index contributed by atoms with van der Waals surface area (Å²) in [6, 6.07) is 19.0. The van der Waals surface area contributed by atoms with Gasteiger partial charge in [0.1, 0.15) is 0 Å². The molecule has 2 rings (SSSR count). The van der Waals surface area contributed by atoms with Crippen LogP contribution in [0.3, 0.4) is 0 Å². The smallest absolute Gasteiger partial charge is 0.213 e. The van der Waals surface area contributed by atoms with E-state index in [0.29, 0.717) is 6.54 Å². The van der Waals surface area contributed by atoms with Crippen molar-refractivity contribution in [1.82, 2.24) is 9.62 Å². The fraction of sp³-hybridized carbons (Fsp3) is 0.368. The number of hydrogen-bond donors (Lipinski definition) is 1. The summed E-state index contributed by atoms with van der Waals surface area (Å²) in [6.45, 7) is 6.33. The molecule has 5 heteroatoms. The molecule has 0 radical (unpaired) electrons. The molecule has 2 aromatic carbocycles. The van der Waals surface area contributed by atoms with Gasteiger partial charge in [0.2, 0.25) is 10.0 Å². The minimum Gasteiger partial charge on any atom is -0.303 e. The summed E-state index contributed by atoms with van der Waals surface area (Å²) in [5, 5.41) is 0. The quantitative estimate of drug-likeness (QED) is 0.759. The van der Waals surface area contributed by atoms with Crippen molar-refractivity contribution < 1.29 is 8.42 Å². The summed E-state index contributed by atoms with van der Waals surface area (Å²) in [7, 11) is -3.38. The topological polar surface area (TPSA) is 49.4 Å². The molecule has 1 N–H and O–H groups in total. The summed E-state index contributed by atoms with van der Waals surface area (Å²) in [5.41, 5.74) is 1.88. The molecule has 130 valence electrons. The number of rotatable bonds is 9. The molecule has 0 heterocycles. The maximum absolute atomic E-state index is 12.6. The van der Waals surface area contributed by atoms with Crippen molar-refractivity contribution in [2.24, 2.45) is 0 Å². The molecule has 0 bridgehead atoms. The van der Waals surface area contributed by atoms with E-state index in [9.17, 15) is 8.42 Å². The van der Waals surface area contributed by atoms with Crippen molar-refractivity contribution in [2.45, 2.75) is 19.9 Å². The predicted molar refractivity (Wildman–Crippen MR) is 99.4 cm³/mol. The Labute approximate surface area is 145 Å². The second-order valence-electron chi connectivity index (χ2n) is 5.72. The molecular formula is C19H26N2O2S. The number of nitrogens with zero attached hydrogens (tertiary/aromatic N) is 1. The molecule has 0 aliphatic rings. The van der Waals surface area contributed by atoms with Gasteiger partial charge in [0, 0.05) is 6.54 Å². The van der Waals surface area contributed by atoms with Gasteiger partial charge in [0.05, 0.1) is 11.8 Å². The highest BCUT2D eigenvalue weighted by Gasteiger charge is 2.21. The van der Waals surface area contributed by atoms with Crippen LogP contribution in [0.25, 0.3) is 0 Å². The lowest BCUT2D eigenvalue weighted by molar-refractivity contribution is 0.321. The van der Waals surface area contributed by atoms with E-state index in [-0.39, 0.29) is 11.8 Å². The molecule has 0 unspecified atom stereocenters. The van der Waals surface area contributed by atoms with E-state index >= 15 is 0 Å². The van der Waals surface area contributed by atoms with Crippen molar-refractivity contribution in [3.63, 3.8) is 0 Å². The summed E-state index contributed by atoms with van der Waals surface area (Å²) in [4.78, 5) is 2.11. The van der Waals surface area contributed by atoms with Crippen molar-refractivity contribution in [1.29, 1.82) is 0 Å². The first-order valence-electron chi connectivity index (χ1n) is 8.38. The molecule has 4 nitrogen and oxygen atoms in total. The van der Waals surface area contributed by atoms with Crippen molar-refractivity contribution in [3.8, 4) is 0 Å². The van der Waals surface area contributed by atoms with Crippen molar-refractivity contribution >= 4 is 10.0 Å². The lowest BCUT2D eigenvalue weighted by Gasteiger charge is -2.22. The lowest BCUT2D eigenvalue weighted by atomic mass is 10.00. The molecule has 0 aromatic heterocycles. The monoisotopic (exact) mass is 346 g/mol. The van der Waals surface area contributed by atoms with Gasteiger partial charge in [-0.1, -0.05) is 74.5 Å². The van der Waals surface area contributed by atoms with E-state index in [1.165, 1.54) is 0 Å². The number of nitrogens with one attached hydrogen (secondary N) is 1. The molecule has 0 amide bonds. The Morgan fingerprint density at radius 2 is 1.33 bits per heavy atom. The standard InChI is InChI=1S/C19H26N2O2S/c1-3-21(4-2)15-16-24(22,23)20-19(17-11-7-5-8-12-17)18-13-9-6-10-14-18/h5-14,19-20H,3-4,15-16H2,1-2H3. The Kier molecular flexibility index (Phi) is 6.97. The molecule has 0 fully saturated rings. The number of benzene rings is 2. The zero-order valence-electron chi connectivity index (χ0n) is 14.4.